The fourth-order valence-electron chi connectivity index (χ4n) is 2.51. The molecule has 0 amide bonds. The van der Waals surface area contributed by atoms with Crippen LogP contribution in [0.15, 0.2) is 24.3 Å². The third-order valence-corrected chi connectivity index (χ3v) is 3.84. The number of hydrogen-bond donors (Lipinski definition) is 1. The second-order valence-corrected chi connectivity index (χ2v) is 5.36. The molecule has 0 bridgehead atoms. The second kappa shape index (κ2) is 8.00. The first kappa shape index (κ1) is 15.8. The lowest BCUT2D eigenvalue weighted by atomic mass is 10.1. The van der Waals surface area contributed by atoms with Gasteiger partial charge in [-0.05, 0) is 50.6 Å². The van der Waals surface area contributed by atoms with E-state index in [9.17, 15) is 4.79 Å². The zero-order valence-corrected chi connectivity index (χ0v) is 12.5. The van der Waals surface area contributed by atoms with Gasteiger partial charge in [-0.25, -0.2) is 4.79 Å². The number of carboxylic acid groups (broad SMARTS) is 1. The minimum absolute atomic E-state index is 0.279. The highest BCUT2D eigenvalue weighted by atomic mass is 16.5. The molecule has 1 aromatic rings. The minimum atomic E-state index is -0.917. The molecule has 1 fully saturated rings. The van der Waals surface area contributed by atoms with E-state index in [1.54, 1.807) is 24.3 Å². The number of nitrogens with zero attached hydrogens (tertiary/aromatic N) is 1. The predicted molar refractivity (Wildman–Crippen MR) is 80.0 cm³/mol. The highest BCUT2D eigenvalue weighted by molar-refractivity contribution is 5.87. The highest BCUT2D eigenvalue weighted by Gasteiger charge is 2.17. The van der Waals surface area contributed by atoms with Crippen LogP contribution >= 0.6 is 0 Å². The van der Waals surface area contributed by atoms with E-state index < -0.39 is 5.97 Å². The van der Waals surface area contributed by atoms with E-state index >= 15 is 0 Å². The van der Waals surface area contributed by atoms with Crippen LogP contribution in [-0.2, 0) is 4.74 Å². The Labute approximate surface area is 125 Å². The largest absolute Gasteiger partial charge is 0.494 e. The van der Waals surface area contributed by atoms with Gasteiger partial charge in [0.05, 0.1) is 12.2 Å². The number of carboxylic acids is 1. The summed E-state index contributed by atoms with van der Waals surface area (Å²) in [7, 11) is 2.15. The number of hydrogen-bond acceptors (Lipinski definition) is 4. The Morgan fingerprint density at radius 2 is 2.00 bits per heavy atom. The standard InChI is InChI=1S/C16H23NO4/c1-17(14-7-11-20-12-8-14)9-2-10-21-15-5-3-13(4-6-15)16(18)19/h3-6,14H,2,7-12H2,1H3,(H,18,19). The molecule has 1 aliphatic heterocycles. The Hall–Kier alpha value is -1.59. The van der Waals surface area contributed by atoms with Gasteiger partial charge in [0.2, 0.25) is 0 Å². The second-order valence-electron chi connectivity index (χ2n) is 5.36. The molecule has 0 spiro atoms. The predicted octanol–water partition coefficient (Wildman–Crippen LogP) is 2.26. The van der Waals surface area contributed by atoms with Gasteiger partial charge in [0.15, 0.2) is 0 Å². The molecule has 1 aromatic carbocycles. The van der Waals surface area contributed by atoms with E-state index in [1.165, 1.54) is 0 Å². The van der Waals surface area contributed by atoms with Crippen molar-refractivity contribution in [2.75, 3.05) is 33.4 Å². The number of aromatic carboxylic acids is 1. The summed E-state index contributed by atoms with van der Waals surface area (Å²) in [5.41, 5.74) is 0.279. The van der Waals surface area contributed by atoms with Crippen molar-refractivity contribution in [1.29, 1.82) is 0 Å². The summed E-state index contributed by atoms with van der Waals surface area (Å²) in [6.07, 6.45) is 3.16. The summed E-state index contributed by atoms with van der Waals surface area (Å²) < 4.78 is 11.0. The summed E-state index contributed by atoms with van der Waals surface area (Å²) in [6.45, 7) is 3.36. The average molecular weight is 293 g/mol. The zero-order chi connectivity index (χ0) is 15.1. The van der Waals surface area contributed by atoms with Crippen molar-refractivity contribution in [1.82, 2.24) is 4.90 Å². The molecule has 0 aliphatic carbocycles. The molecule has 5 heteroatoms. The molecule has 1 aliphatic rings. The number of ether oxygens (including phenoxy) is 2. The molecule has 21 heavy (non-hydrogen) atoms. The number of benzene rings is 1. The van der Waals surface area contributed by atoms with Crippen LogP contribution in [0.5, 0.6) is 5.75 Å². The minimum Gasteiger partial charge on any atom is -0.494 e. The molecule has 0 atom stereocenters. The third kappa shape index (κ3) is 5.02. The van der Waals surface area contributed by atoms with Crippen molar-refractivity contribution < 1.29 is 19.4 Å². The van der Waals surface area contributed by atoms with Gasteiger partial charge in [-0.15, -0.1) is 0 Å². The van der Waals surface area contributed by atoms with Crippen LogP contribution in [0.25, 0.3) is 0 Å². The first-order valence-electron chi connectivity index (χ1n) is 7.41. The lowest BCUT2D eigenvalue weighted by molar-refractivity contribution is 0.0417. The zero-order valence-electron chi connectivity index (χ0n) is 12.5. The molecule has 0 unspecified atom stereocenters. The average Bonchev–Trinajstić information content (AvgIpc) is 2.52. The summed E-state index contributed by atoms with van der Waals surface area (Å²) >= 11 is 0. The number of carbonyl (C=O) groups is 1. The van der Waals surface area contributed by atoms with Crippen LogP contribution in [0.3, 0.4) is 0 Å². The molecule has 2 rings (SSSR count). The highest BCUT2D eigenvalue weighted by Crippen LogP contribution is 2.14. The van der Waals surface area contributed by atoms with E-state index in [0.717, 1.165) is 39.0 Å². The van der Waals surface area contributed by atoms with E-state index in [-0.39, 0.29) is 5.56 Å². The van der Waals surface area contributed by atoms with Crippen LogP contribution in [0.1, 0.15) is 29.6 Å². The maximum absolute atomic E-state index is 10.7. The van der Waals surface area contributed by atoms with Gasteiger partial charge < -0.3 is 19.5 Å². The normalized spacial score (nSPS) is 16.1. The molecule has 5 nitrogen and oxygen atoms in total. The lowest BCUT2D eigenvalue weighted by Gasteiger charge is -2.31. The van der Waals surface area contributed by atoms with Crippen molar-refractivity contribution >= 4 is 5.97 Å². The SMILES string of the molecule is CN(CCCOc1ccc(C(=O)O)cc1)C1CCOCC1. The van der Waals surface area contributed by atoms with Crippen LogP contribution in [0.2, 0.25) is 0 Å². The Bertz CT molecular complexity index is 440. The summed E-state index contributed by atoms with van der Waals surface area (Å²) in [6, 6.07) is 7.14. The molecule has 0 radical (unpaired) electrons. The molecular formula is C16H23NO4. The molecule has 0 saturated carbocycles. The molecule has 116 valence electrons. The van der Waals surface area contributed by atoms with Crippen molar-refractivity contribution in [3.63, 3.8) is 0 Å². The Morgan fingerprint density at radius 3 is 2.62 bits per heavy atom. The molecular weight excluding hydrogens is 270 g/mol. The number of rotatable bonds is 7. The quantitative estimate of drug-likeness (QED) is 0.781. The summed E-state index contributed by atoms with van der Waals surface area (Å²) in [4.78, 5) is 13.1. The Balaban J connectivity index is 1.65. The van der Waals surface area contributed by atoms with E-state index in [2.05, 4.69) is 11.9 Å². The smallest absolute Gasteiger partial charge is 0.335 e. The van der Waals surface area contributed by atoms with Crippen LogP contribution in [0.4, 0.5) is 0 Å². The van der Waals surface area contributed by atoms with Crippen LogP contribution in [-0.4, -0.2) is 55.4 Å². The van der Waals surface area contributed by atoms with Crippen molar-refractivity contribution in [3.05, 3.63) is 29.8 Å². The molecule has 0 aromatic heterocycles. The van der Waals surface area contributed by atoms with Crippen LogP contribution in [0, 0.1) is 0 Å². The van der Waals surface area contributed by atoms with Crippen molar-refractivity contribution in [2.24, 2.45) is 0 Å². The fourth-order valence-corrected chi connectivity index (χ4v) is 2.51. The van der Waals surface area contributed by atoms with Gasteiger partial charge in [0.25, 0.3) is 0 Å². The molecule has 1 heterocycles. The van der Waals surface area contributed by atoms with Gasteiger partial charge in [-0.1, -0.05) is 0 Å². The Kier molecular flexibility index (Phi) is 6.02. The molecule has 1 N–H and O–H groups in total. The van der Waals surface area contributed by atoms with Crippen LogP contribution < -0.4 is 4.74 Å². The van der Waals surface area contributed by atoms with Gasteiger partial charge in [-0.2, -0.15) is 0 Å². The molecule has 1 saturated heterocycles. The first-order chi connectivity index (χ1) is 10.2. The fraction of sp³-hybridized carbons (Fsp3) is 0.562. The van der Waals surface area contributed by atoms with Gasteiger partial charge >= 0.3 is 5.97 Å². The van der Waals surface area contributed by atoms with Crippen molar-refractivity contribution in [2.45, 2.75) is 25.3 Å². The topological polar surface area (TPSA) is 59.0 Å². The maximum atomic E-state index is 10.7. The third-order valence-electron chi connectivity index (χ3n) is 3.84. The Morgan fingerprint density at radius 1 is 1.33 bits per heavy atom. The lowest BCUT2D eigenvalue weighted by Crippen LogP contribution is -2.37. The van der Waals surface area contributed by atoms with E-state index in [4.69, 9.17) is 14.6 Å². The van der Waals surface area contributed by atoms with Gasteiger partial charge in [0.1, 0.15) is 5.75 Å². The maximum Gasteiger partial charge on any atom is 0.335 e. The van der Waals surface area contributed by atoms with Crippen molar-refractivity contribution in [3.8, 4) is 5.75 Å². The van der Waals surface area contributed by atoms with E-state index in [1.807, 2.05) is 0 Å². The summed E-state index contributed by atoms with van der Waals surface area (Å²) in [5.74, 6) is -0.201. The summed E-state index contributed by atoms with van der Waals surface area (Å²) in [5, 5.41) is 8.82. The van der Waals surface area contributed by atoms with E-state index in [0.29, 0.717) is 18.4 Å². The van der Waals surface area contributed by atoms with Gasteiger partial charge in [0, 0.05) is 25.8 Å². The van der Waals surface area contributed by atoms with Gasteiger partial charge in [-0.3, -0.25) is 0 Å². The first-order valence-corrected chi connectivity index (χ1v) is 7.41. The monoisotopic (exact) mass is 293 g/mol.